The lowest BCUT2D eigenvalue weighted by Crippen LogP contribution is -2.47. The Kier molecular flexibility index (Phi) is 3.37. The number of aliphatic hydroxyl groups excluding tert-OH is 1. The van der Waals surface area contributed by atoms with Crippen LogP contribution in [-0.4, -0.2) is 27.0 Å². The SMILES string of the molecule is NC1(CO)CCCC(n2ccc(C(F)(F)F)n2)C1. The second-order valence-corrected chi connectivity index (χ2v) is 4.95. The van der Waals surface area contributed by atoms with Crippen molar-refractivity contribution in [2.24, 2.45) is 5.73 Å². The molecule has 1 heterocycles. The molecule has 0 bridgehead atoms. The van der Waals surface area contributed by atoms with Gasteiger partial charge in [0.15, 0.2) is 5.69 Å². The van der Waals surface area contributed by atoms with Crippen LogP contribution in [0.15, 0.2) is 12.3 Å². The minimum absolute atomic E-state index is 0.156. The molecule has 7 heteroatoms. The minimum atomic E-state index is -4.42. The molecule has 0 amide bonds. The standard InChI is InChI=1S/C11H16F3N3O/c12-11(13,14)9-3-5-17(16-9)8-2-1-4-10(15,6-8)7-18/h3,5,8,18H,1-2,4,6-7,15H2. The molecule has 1 aliphatic carbocycles. The molecular formula is C11H16F3N3O. The van der Waals surface area contributed by atoms with Gasteiger partial charge in [-0.05, 0) is 31.7 Å². The van der Waals surface area contributed by atoms with Gasteiger partial charge in [0, 0.05) is 11.7 Å². The summed E-state index contributed by atoms with van der Waals surface area (Å²) in [4.78, 5) is 0. The van der Waals surface area contributed by atoms with Gasteiger partial charge in [0.1, 0.15) is 0 Å². The fourth-order valence-corrected chi connectivity index (χ4v) is 2.43. The normalized spacial score (nSPS) is 29.5. The summed E-state index contributed by atoms with van der Waals surface area (Å²) in [6.07, 6.45) is -0.440. The van der Waals surface area contributed by atoms with Crippen molar-refractivity contribution >= 4 is 0 Å². The number of rotatable bonds is 2. The maximum absolute atomic E-state index is 12.4. The minimum Gasteiger partial charge on any atom is -0.394 e. The summed E-state index contributed by atoms with van der Waals surface area (Å²) in [5, 5.41) is 12.8. The van der Waals surface area contributed by atoms with Crippen molar-refractivity contribution in [1.29, 1.82) is 0 Å². The molecule has 0 spiro atoms. The van der Waals surface area contributed by atoms with Crippen LogP contribution in [0.3, 0.4) is 0 Å². The van der Waals surface area contributed by atoms with Crippen LogP contribution in [0.1, 0.15) is 37.4 Å². The van der Waals surface area contributed by atoms with Crippen LogP contribution in [0.4, 0.5) is 13.2 Å². The number of hydrogen-bond donors (Lipinski definition) is 2. The van der Waals surface area contributed by atoms with E-state index in [9.17, 15) is 18.3 Å². The summed E-state index contributed by atoms with van der Waals surface area (Å²) in [5.74, 6) is 0. The summed E-state index contributed by atoms with van der Waals surface area (Å²) < 4.78 is 38.7. The van der Waals surface area contributed by atoms with Crippen molar-refractivity contribution in [3.8, 4) is 0 Å². The number of hydrogen-bond acceptors (Lipinski definition) is 3. The van der Waals surface area contributed by atoms with Crippen molar-refractivity contribution in [2.45, 2.75) is 43.4 Å². The van der Waals surface area contributed by atoms with E-state index in [2.05, 4.69) is 5.10 Å². The number of aromatic nitrogens is 2. The molecule has 1 saturated carbocycles. The molecule has 0 aliphatic heterocycles. The molecular weight excluding hydrogens is 247 g/mol. The molecule has 102 valence electrons. The fraction of sp³-hybridized carbons (Fsp3) is 0.727. The molecule has 1 aliphatic rings. The van der Waals surface area contributed by atoms with Gasteiger partial charge in [0.05, 0.1) is 12.6 Å². The average molecular weight is 263 g/mol. The lowest BCUT2D eigenvalue weighted by atomic mass is 9.80. The van der Waals surface area contributed by atoms with Crippen LogP contribution in [-0.2, 0) is 6.18 Å². The lowest BCUT2D eigenvalue weighted by Gasteiger charge is -2.36. The number of halogens is 3. The highest BCUT2D eigenvalue weighted by atomic mass is 19.4. The van der Waals surface area contributed by atoms with Gasteiger partial charge in [-0.25, -0.2) is 0 Å². The first-order chi connectivity index (χ1) is 8.34. The molecule has 1 fully saturated rings. The summed E-state index contributed by atoms with van der Waals surface area (Å²) in [5.41, 5.74) is 4.38. The van der Waals surface area contributed by atoms with Gasteiger partial charge in [-0.1, -0.05) is 0 Å². The highest BCUT2D eigenvalue weighted by Crippen LogP contribution is 2.34. The van der Waals surface area contributed by atoms with Gasteiger partial charge >= 0.3 is 6.18 Å². The highest BCUT2D eigenvalue weighted by molar-refractivity contribution is 5.05. The second-order valence-electron chi connectivity index (χ2n) is 4.95. The van der Waals surface area contributed by atoms with E-state index < -0.39 is 17.4 Å². The van der Waals surface area contributed by atoms with E-state index in [0.717, 1.165) is 18.9 Å². The predicted octanol–water partition coefficient (Wildman–Crippen LogP) is 1.71. The summed E-state index contributed by atoms with van der Waals surface area (Å²) in [7, 11) is 0. The molecule has 2 unspecified atom stereocenters. The molecule has 4 nitrogen and oxygen atoms in total. The van der Waals surface area contributed by atoms with Crippen LogP contribution >= 0.6 is 0 Å². The molecule has 1 aromatic rings. The zero-order chi connectivity index (χ0) is 13.4. The van der Waals surface area contributed by atoms with E-state index in [0.29, 0.717) is 12.8 Å². The van der Waals surface area contributed by atoms with Gasteiger partial charge in [0.2, 0.25) is 0 Å². The van der Waals surface area contributed by atoms with E-state index in [4.69, 9.17) is 5.73 Å². The van der Waals surface area contributed by atoms with Gasteiger partial charge in [-0.15, -0.1) is 0 Å². The van der Waals surface area contributed by atoms with Crippen LogP contribution in [0, 0.1) is 0 Å². The zero-order valence-electron chi connectivity index (χ0n) is 9.82. The second kappa shape index (κ2) is 4.55. The number of aliphatic hydroxyl groups is 1. The highest BCUT2D eigenvalue weighted by Gasteiger charge is 2.36. The van der Waals surface area contributed by atoms with E-state index in [1.165, 1.54) is 10.9 Å². The molecule has 0 aromatic carbocycles. The average Bonchev–Trinajstić information content (AvgIpc) is 2.78. The molecule has 3 N–H and O–H groups in total. The third-order valence-electron chi connectivity index (χ3n) is 3.44. The van der Waals surface area contributed by atoms with Gasteiger partial charge < -0.3 is 10.8 Å². The number of nitrogens with zero attached hydrogens (tertiary/aromatic N) is 2. The Labute approximate surface area is 103 Å². The molecule has 0 radical (unpaired) electrons. The fourth-order valence-electron chi connectivity index (χ4n) is 2.43. The molecule has 2 rings (SSSR count). The van der Waals surface area contributed by atoms with Gasteiger partial charge in [-0.2, -0.15) is 18.3 Å². The van der Waals surface area contributed by atoms with Gasteiger partial charge in [-0.3, -0.25) is 4.68 Å². The maximum atomic E-state index is 12.4. The lowest BCUT2D eigenvalue weighted by molar-refractivity contribution is -0.141. The Morgan fingerprint density at radius 3 is 2.83 bits per heavy atom. The molecule has 0 saturated heterocycles. The van der Waals surface area contributed by atoms with E-state index >= 15 is 0 Å². The first-order valence-electron chi connectivity index (χ1n) is 5.86. The summed E-state index contributed by atoms with van der Waals surface area (Å²) in [6.45, 7) is -0.156. The summed E-state index contributed by atoms with van der Waals surface area (Å²) >= 11 is 0. The Hall–Kier alpha value is -1.08. The first kappa shape index (κ1) is 13.4. The maximum Gasteiger partial charge on any atom is 0.435 e. The first-order valence-corrected chi connectivity index (χ1v) is 5.86. The monoisotopic (exact) mass is 263 g/mol. The third-order valence-corrected chi connectivity index (χ3v) is 3.44. The van der Waals surface area contributed by atoms with E-state index in [-0.39, 0.29) is 12.6 Å². The third kappa shape index (κ3) is 2.67. The Balaban J connectivity index is 2.14. The molecule has 1 aromatic heterocycles. The van der Waals surface area contributed by atoms with Gasteiger partial charge in [0.25, 0.3) is 0 Å². The van der Waals surface area contributed by atoms with Crippen LogP contribution < -0.4 is 5.73 Å². The predicted molar refractivity (Wildman–Crippen MR) is 58.7 cm³/mol. The van der Waals surface area contributed by atoms with Crippen molar-refractivity contribution in [3.05, 3.63) is 18.0 Å². The van der Waals surface area contributed by atoms with Crippen molar-refractivity contribution in [1.82, 2.24) is 9.78 Å². The van der Waals surface area contributed by atoms with Crippen molar-refractivity contribution in [2.75, 3.05) is 6.61 Å². The van der Waals surface area contributed by atoms with Crippen molar-refractivity contribution < 1.29 is 18.3 Å². The number of nitrogens with two attached hydrogens (primary N) is 1. The van der Waals surface area contributed by atoms with E-state index in [1.54, 1.807) is 0 Å². The Morgan fingerprint density at radius 1 is 1.56 bits per heavy atom. The largest absolute Gasteiger partial charge is 0.435 e. The quantitative estimate of drug-likeness (QED) is 0.853. The van der Waals surface area contributed by atoms with Crippen LogP contribution in [0.5, 0.6) is 0 Å². The number of alkyl halides is 3. The van der Waals surface area contributed by atoms with E-state index in [1.807, 2.05) is 0 Å². The van der Waals surface area contributed by atoms with Crippen molar-refractivity contribution in [3.63, 3.8) is 0 Å². The Morgan fingerprint density at radius 2 is 2.28 bits per heavy atom. The smallest absolute Gasteiger partial charge is 0.394 e. The zero-order valence-corrected chi connectivity index (χ0v) is 9.82. The molecule has 18 heavy (non-hydrogen) atoms. The molecule has 2 atom stereocenters. The topological polar surface area (TPSA) is 64.1 Å². The Bertz CT molecular complexity index is 418. The summed E-state index contributed by atoms with van der Waals surface area (Å²) in [6, 6.07) is 0.790. The van der Waals surface area contributed by atoms with Crippen LogP contribution in [0.2, 0.25) is 0 Å². The van der Waals surface area contributed by atoms with Crippen LogP contribution in [0.25, 0.3) is 0 Å².